The molecule has 0 radical (unpaired) electrons. The van der Waals surface area contributed by atoms with Crippen molar-refractivity contribution in [2.75, 3.05) is 6.61 Å². The molecule has 3 rings (SSSR count). The number of carbonyl (C=O) groups excluding carboxylic acids is 1. The van der Waals surface area contributed by atoms with Gasteiger partial charge in [0.15, 0.2) is 5.17 Å². The summed E-state index contributed by atoms with van der Waals surface area (Å²) < 4.78 is 5.55. The number of para-hydroxylation sites is 2. The molecule has 1 saturated heterocycles. The van der Waals surface area contributed by atoms with E-state index in [4.69, 9.17) is 16.3 Å². The lowest BCUT2D eigenvalue weighted by atomic mass is 10.2. The van der Waals surface area contributed by atoms with E-state index in [0.717, 1.165) is 5.56 Å². The fourth-order valence-electron chi connectivity index (χ4n) is 2.13. The van der Waals surface area contributed by atoms with Crippen LogP contribution in [0.25, 0.3) is 6.08 Å². The number of carbonyl (C=O) groups is 1. The first-order chi connectivity index (χ1) is 11.7. The molecule has 0 unspecified atom stereocenters. The predicted octanol–water partition coefficient (Wildman–Crippen LogP) is 4.63. The lowest BCUT2D eigenvalue weighted by Gasteiger charge is -2.06. The van der Waals surface area contributed by atoms with Gasteiger partial charge in [0.25, 0.3) is 5.91 Å². The molecule has 1 N–H and O–H groups in total. The van der Waals surface area contributed by atoms with Crippen LogP contribution in [0.4, 0.5) is 5.69 Å². The fourth-order valence-corrected chi connectivity index (χ4v) is 3.09. The quantitative estimate of drug-likeness (QED) is 0.810. The minimum Gasteiger partial charge on any atom is -0.492 e. The SMILES string of the molecule is CCOc1ccccc1N=C1NC(=O)/C(=C/c2ccc(Cl)cc2)S1. The molecule has 2 aromatic carbocycles. The third kappa shape index (κ3) is 3.99. The van der Waals surface area contributed by atoms with Crippen molar-refractivity contribution in [1.29, 1.82) is 0 Å². The first kappa shape index (κ1) is 16.6. The lowest BCUT2D eigenvalue weighted by Crippen LogP contribution is -2.19. The van der Waals surface area contributed by atoms with E-state index in [0.29, 0.717) is 33.1 Å². The molecule has 0 saturated carbocycles. The molecular weight excluding hydrogens is 344 g/mol. The zero-order chi connectivity index (χ0) is 16.9. The van der Waals surface area contributed by atoms with Gasteiger partial charge in [-0.1, -0.05) is 35.9 Å². The van der Waals surface area contributed by atoms with Gasteiger partial charge < -0.3 is 10.1 Å². The average Bonchev–Trinajstić information content (AvgIpc) is 2.91. The topological polar surface area (TPSA) is 50.7 Å². The van der Waals surface area contributed by atoms with E-state index in [2.05, 4.69) is 10.3 Å². The van der Waals surface area contributed by atoms with Crippen molar-refractivity contribution < 1.29 is 9.53 Å². The zero-order valence-corrected chi connectivity index (χ0v) is 14.5. The van der Waals surface area contributed by atoms with E-state index in [-0.39, 0.29) is 5.91 Å². The predicted molar refractivity (Wildman–Crippen MR) is 99.9 cm³/mol. The van der Waals surface area contributed by atoms with Crippen LogP contribution in [-0.2, 0) is 4.79 Å². The molecule has 6 heteroatoms. The number of hydrogen-bond acceptors (Lipinski definition) is 4. The molecule has 1 amide bonds. The van der Waals surface area contributed by atoms with Gasteiger partial charge in [-0.2, -0.15) is 0 Å². The Morgan fingerprint density at radius 1 is 1.21 bits per heavy atom. The number of benzene rings is 2. The number of ether oxygens (including phenoxy) is 1. The highest BCUT2D eigenvalue weighted by molar-refractivity contribution is 8.18. The molecule has 1 heterocycles. The highest BCUT2D eigenvalue weighted by Gasteiger charge is 2.24. The second-order valence-corrected chi connectivity index (χ2v) is 6.40. The Labute approximate surface area is 149 Å². The standard InChI is InChI=1S/C18H15ClN2O2S/c1-2-23-15-6-4-3-5-14(15)20-18-21-17(22)16(24-18)11-12-7-9-13(19)10-8-12/h3-11H,2H2,1H3,(H,20,21,22)/b16-11-. The van der Waals surface area contributed by atoms with Crippen molar-refractivity contribution in [1.82, 2.24) is 5.32 Å². The number of amidine groups is 1. The average molecular weight is 359 g/mol. The number of nitrogens with one attached hydrogen (secondary N) is 1. The van der Waals surface area contributed by atoms with Crippen LogP contribution in [0, 0.1) is 0 Å². The number of halogens is 1. The Balaban J connectivity index is 1.83. The Morgan fingerprint density at radius 3 is 2.71 bits per heavy atom. The summed E-state index contributed by atoms with van der Waals surface area (Å²) in [6, 6.07) is 14.8. The van der Waals surface area contributed by atoms with E-state index in [1.165, 1.54) is 11.8 Å². The van der Waals surface area contributed by atoms with Crippen molar-refractivity contribution in [2.24, 2.45) is 4.99 Å². The van der Waals surface area contributed by atoms with Gasteiger partial charge >= 0.3 is 0 Å². The summed E-state index contributed by atoms with van der Waals surface area (Å²) in [5.41, 5.74) is 1.60. The van der Waals surface area contributed by atoms with Gasteiger partial charge in [0.05, 0.1) is 11.5 Å². The summed E-state index contributed by atoms with van der Waals surface area (Å²) in [4.78, 5) is 17.2. The second kappa shape index (κ2) is 7.55. The van der Waals surface area contributed by atoms with Crippen molar-refractivity contribution in [3.05, 3.63) is 64.0 Å². The van der Waals surface area contributed by atoms with Crippen LogP contribution in [0.1, 0.15) is 12.5 Å². The Hall–Kier alpha value is -2.24. The first-order valence-corrected chi connectivity index (χ1v) is 8.62. The minimum absolute atomic E-state index is 0.164. The van der Waals surface area contributed by atoms with E-state index < -0.39 is 0 Å². The molecule has 4 nitrogen and oxygen atoms in total. The maximum absolute atomic E-state index is 12.1. The molecule has 1 fully saturated rings. The second-order valence-electron chi connectivity index (χ2n) is 4.93. The number of aliphatic imine (C=N–C) groups is 1. The van der Waals surface area contributed by atoms with Crippen molar-refractivity contribution in [2.45, 2.75) is 6.92 Å². The van der Waals surface area contributed by atoms with Gasteiger partial charge in [-0.3, -0.25) is 4.79 Å². The van der Waals surface area contributed by atoms with Crippen LogP contribution in [0.5, 0.6) is 5.75 Å². The number of amides is 1. The Morgan fingerprint density at radius 2 is 1.96 bits per heavy atom. The molecule has 1 aliphatic rings. The Bertz CT molecular complexity index is 816. The molecule has 24 heavy (non-hydrogen) atoms. The zero-order valence-electron chi connectivity index (χ0n) is 13.0. The van der Waals surface area contributed by atoms with Gasteiger partial charge in [0.1, 0.15) is 11.4 Å². The maximum Gasteiger partial charge on any atom is 0.264 e. The number of thioether (sulfide) groups is 1. The molecule has 0 spiro atoms. The molecule has 2 aromatic rings. The largest absolute Gasteiger partial charge is 0.492 e. The van der Waals surface area contributed by atoms with Gasteiger partial charge in [0.2, 0.25) is 0 Å². The normalized spacial score (nSPS) is 17.3. The van der Waals surface area contributed by atoms with Crippen molar-refractivity contribution in [3.63, 3.8) is 0 Å². The van der Waals surface area contributed by atoms with Crippen LogP contribution >= 0.6 is 23.4 Å². The van der Waals surface area contributed by atoms with Gasteiger partial charge in [-0.05, 0) is 54.6 Å². The third-order valence-electron chi connectivity index (χ3n) is 3.21. The summed E-state index contributed by atoms with van der Waals surface area (Å²) >= 11 is 7.18. The van der Waals surface area contributed by atoms with E-state index in [1.54, 1.807) is 12.1 Å². The molecule has 0 aliphatic carbocycles. The number of hydrogen-bond donors (Lipinski definition) is 1. The summed E-state index contributed by atoms with van der Waals surface area (Å²) in [6.45, 7) is 2.48. The van der Waals surface area contributed by atoms with Crippen LogP contribution in [0.15, 0.2) is 58.4 Å². The van der Waals surface area contributed by atoms with Crippen LogP contribution in [0.3, 0.4) is 0 Å². The van der Waals surface area contributed by atoms with Crippen LogP contribution in [-0.4, -0.2) is 17.7 Å². The number of rotatable bonds is 4. The highest BCUT2D eigenvalue weighted by Crippen LogP contribution is 2.32. The lowest BCUT2D eigenvalue weighted by molar-refractivity contribution is -0.115. The van der Waals surface area contributed by atoms with Crippen molar-refractivity contribution >= 4 is 46.2 Å². The Kier molecular flexibility index (Phi) is 5.23. The summed E-state index contributed by atoms with van der Waals surface area (Å²) in [7, 11) is 0. The monoisotopic (exact) mass is 358 g/mol. The molecule has 1 aliphatic heterocycles. The summed E-state index contributed by atoms with van der Waals surface area (Å²) in [6.07, 6.45) is 1.81. The maximum atomic E-state index is 12.1. The van der Waals surface area contributed by atoms with Gasteiger partial charge in [0, 0.05) is 5.02 Å². The molecule has 0 aromatic heterocycles. The molecule has 0 atom stereocenters. The van der Waals surface area contributed by atoms with Crippen LogP contribution in [0.2, 0.25) is 5.02 Å². The molecule has 122 valence electrons. The van der Waals surface area contributed by atoms with Crippen molar-refractivity contribution in [3.8, 4) is 5.75 Å². The smallest absolute Gasteiger partial charge is 0.264 e. The van der Waals surface area contributed by atoms with Crippen LogP contribution < -0.4 is 10.1 Å². The minimum atomic E-state index is -0.164. The number of nitrogens with zero attached hydrogens (tertiary/aromatic N) is 1. The van der Waals surface area contributed by atoms with Gasteiger partial charge in [-0.25, -0.2) is 4.99 Å². The summed E-state index contributed by atoms with van der Waals surface area (Å²) in [5, 5.41) is 3.97. The summed E-state index contributed by atoms with van der Waals surface area (Å²) in [5.74, 6) is 0.528. The highest BCUT2D eigenvalue weighted by atomic mass is 35.5. The molecule has 0 bridgehead atoms. The van der Waals surface area contributed by atoms with Gasteiger partial charge in [-0.15, -0.1) is 0 Å². The van der Waals surface area contributed by atoms with E-state index in [9.17, 15) is 4.79 Å². The molecular formula is C18H15ClN2O2S. The van der Waals surface area contributed by atoms with E-state index in [1.807, 2.05) is 49.4 Å². The first-order valence-electron chi connectivity index (χ1n) is 7.42. The van der Waals surface area contributed by atoms with E-state index >= 15 is 0 Å². The third-order valence-corrected chi connectivity index (χ3v) is 4.37. The fraction of sp³-hybridized carbons (Fsp3) is 0.111.